The lowest BCUT2D eigenvalue weighted by molar-refractivity contribution is -0.0245. The van der Waals surface area contributed by atoms with Gasteiger partial charge in [-0.05, 0) is 64.6 Å². The second-order valence-corrected chi connectivity index (χ2v) is 7.97. The highest BCUT2D eigenvalue weighted by molar-refractivity contribution is 9.10. The Morgan fingerprint density at radius 1 is 1.32 bits per heavy atom. The molecule has 1 N–H and O–H groups in total. The fourth-order valence-electron chi connectivity index (χ4n) is 3.13. The van der Waals surface area contributed by atoms with Crippen LogP contribution in [-0.4, -0.2) is 15.7 Å². The first-order valence-electron chi connectivity index (χ1n) is 7.10. The second kappa shape index (κ2) is 5.53. The molecular formula is C16H24BrNO. The number of hydrogen-bond donors (Lipinski definition) is 1. The molecule has 0 amide bonds. The molecule has 0 aromatic carbocycles. The molecule has 1 aliphatic rings. The van der Waals surface area contributed by atoms with E-state index in [1.54, 1.807) is 6.20 Å². The highest BCUT2D eigenvalue weighted by atomic mass is 79.9. The average Bonchev–Trinajstić information content (AvgIpc) is 2.27. The van der Waals surface area contributed by atoms with Gasteiger partial charge in [-0.25, -0.2) is 0 Å². The SMILES string of the molecule is CC(C)(C)C1CCC(O)(Cc2cncc(Br)c2)CC1. The molecule has 0 saturated heterocycles. The van der Waals surface area contributed by atoms with Crippen LogP contribution in [0.2, 0.25) is 0 Å². The first-order chi connectivity index (χ1) is 8.78. The van der Waals surface area contributed by atoms with Gasteiger partial charge in [-0.1, -0.05) is 20.8 Å². The molecule has 3 heteroatoms. The summed E-state index contributed by atoms with van der Waals surface area (Å²) in [6.45, 7) is 6.92. The predicted octanol–water partition coefficient (Wildman–Crippen LogP) is 4.35. The van der Waals surface area contributed by atoms with E-state index in [4.69, 9.17) is 0 Å². The summed E-state index contributed by atoms with van der Waals surface area (Å²) in [5.74, 6) is 0.730. The number of aromatic nitrogens is 1. The first-order valence-corrected chi connectivity index (χ1v) is 7.90. The summed E-state index contributed by atoms with van der Waals surface area (Å²) < 4.78 is 0.983. The number of hydrogen-bond acceptors (Lipinski definition) is 2. The van der Waals surface area contributed by atoms with Crippen molar-refractivity contribution in [3.05, 3.63) is 28.5 Å². The van der Waals surface area contributed by atoms with Crippen LogP contribution in [0.5, 0.6) is 0 Å². The van der Waals surface area contributed by atoms with Gasteiger partial charge in [-0.2, -0.15) is 0 Å². The number of rotatable bonds is 2. The zero-order valence-electron chi connectivity index (χ0n) is 12.1. The van der Waals surface area contributed by atoms with Crippen molar-refractivity contribution in [3.63, 3.8) is 0 Å². The van der Waals surface area contributed by atoms with Gasteiger partial charge in [0.05, 0.1) is 5.60 Å². The zero-order chi connectivity index (χ0) is 14.1. The molecule has 2 nitrogen and oxygen atoms in total. The van der Waals surface area contributed by atoms with Crippen LogP contribution < -0.4 is 0 Å². The van der Waals surface area contributed by atoms with Crippen LogP contribution in [0.15, 0.2) is 22.9 Å². The summed E-state index contributed by atoms with van der Waals surface area (Å²) in [6, 6.07) is 2.06. The number of pyridine rings is 1. The maximum atomic E-state index is 10.8. The molecular weight excluding hydrogens is 302 g/mol. The minimum Gasteiger partial charge on any atom is -0.390 e. The second-order valence-electron chi connectivity index (χ2n) is 7.05. The van der Waals surface area contributed by atoms with Gasteiger partial charge in [-0.3, -0.25) is 4.98 Å². The van der Waals surface area contributed by atoms with Gasteiger partial charge in [0, 0.05) is 23.3 Å². The van der Waals surface area contributed by atoms with Crippen molar-refractivity contribution in [3.8, 4) is 0 Å². The van der Waals surface area contributed by atoms with E-state index < -0.39 is 5.60 Å². The lowest BCUT2D eigenvalue weighted by Crippen LogP contribution is -2.39. The van der Waals surface area contributed by atoms with Gasteiger partial charge in [0.25, 0.3) is 0 Å². The third-order valence-electron chi connectivity index (χ3n) is 4.44. The predicted molar refractivity (Wildman–Crippen MR) is 82.0 cm³/mol. The van der Waals surface area contributed by atoms with Gasteiger partial charge in [0.2, 0.25) is 0 Å². The topological polar surface area (TPSA) is 33.1 Å². The first kappa shape index (κ1) is 15.0. The Labute approximate surface area is 124 Å². The Hall–Kier alpha value is -0.410. The summed E-state index contributed by atoms with van der Waals surface area (Å²) in [5, 5.41) is 10.8. The minimum atomic E-state index is -0.537. The molecule has 1 fully saturated rings. The standard InChI is InChI=1S/C16H24BrNO/c1-15(2,3)13-4-6-16(19,7-5-13)9-12-8-14(17)11-18-10-12/h8,10-11,13,19H,4-7,9H2,1-3H3. The average molecular weight is 326 g/mol. The Bertz CT molecular complexity index is 431. The van der Waals surface area contributed by atoms with Crippen molar-refractivity contribution < 1.29 is 5.11 Å². The molecule has 0 aliphatic heterocycles. The smallest absolute Gasteiger partial charge is 0.0688 e. The van der Waals surface area contributed by atoms with Gasteiger partial charge >= 0.3 is 0 Å². The van der Waals surface area contributed by atoms with Gasteiger partial charge < -0.3 is 5.11 Å². The van der Waals surface area contributed by atoms with Crippen molar-refractivity contribution in [2.45, 2.75) is 58.5 Å². The minimum absolute atomic E-state index is 0.360. The molecule has 0 atom stereocenters. The summed E-state index contributed by atoms with van der Waals surface area (Å²) >= 11 is 3.44. The van der Waals surface area contributed by atoms with E-state index >= 15 is 0 Å². The van der Waals surface area contributed by atoms with E-state index in [2.05, 4.69) is 47.8 Å². The van der Waals surface area contributed by atoms with Crippen LogP contribution in [0.4, 0.5) is 0 Å². The summed E-state index contributed by atoms with van der Waals surface area (Å²) in [7, 11) is 0. The molecule has 0 radical (unpaired) electrons. The van der Waals surface area contributed by atoms with Crippen LogP contribution in [0, 0.1) is 11.3 Å². The Kier molecular flexibility index (Phi) is 4.36. The van der Waals surface area contributed by atoms with Crippen molar-refractivity contribution in [1.29, 1.82) is 0 Å². The van der Waals surface area contributed by atoms with Crippen LogP contribution in [0.25, 0.3) is 0 Å². The van der Waals surface area contributed by atoms with Gasteiger partial charge in [-0.15, -0.1) is 0 Å². The van der Waals surface area contributed by atoms with Crippen LogP contribution in [0.3, 0.4) is 0 Å². The molecule has 1 aliphatic carbocycles. The fraction of sp³-hybridized carbons (Fsp3) is 0.688. The van der Waals surface area contributed by atoms with Crippen molar-refractivity contribution in [1.82, 2.24) is 4.98 Å². The lowest BCUT2D eigenvalue weighted by Gasteiger charge is -2.41. The zero-order valence-corrected chi connectivity index (χ0v) is 13.7. The van der Waals surface area contributed by atoms with Gasteiger partial charge in [0.15, 0.2) is 0 Å². The van der Waals surface area contributed by atoms with E-state index in [0.29, 0.717) is 5.41 Å². The number of aliphatic hydroxyl groups is 1. The normalized spacial score (nSPS) is 28.4. The van der Waals surface area contributed by atoms with E-state index in [0.717, 1.165) is 48.1 Å². The summed E-state index contributed by atoms with van der Waals surface area (Å²) in [6.07, 6.45) is 8.42. The van der Waals surface area contributed by atoms with Crippen LogP contribution >= 0.6 is 15.9 Å². The van der Waals surface area contributed by atoms with E-state index in [9.17, 15) is 5.11 Å². The number of nitrogens with zero attached hydrogens (tertiary/aromatic N) is 1. The Morgan fingerprint density at radius 3 is 2.47 bits per heavy atom. The molecule has 0 spiro atoms. The Morgan fingerprint density at radius 2 is 1.95 bits per heavy atom. The highest BCUT2D eigenvalue weighted by Crippen LogP contribution is 2.42. The molecule has 1 aromatic rings. The van der Waals surface area contributed by atoms with E-state index in [1.165, 1.54) is 0 Å². The van der Waals surface area contributed by atoms with E-state index in [1.807, 2.05) is 6.20 Å². The van der Waals surface area contributed by atoms with Crippen molar-refractivity contribution in [2.75, 3.05) is 0 Å². The van der Waals surface area contributed by atoms with Crippen molar-refractivity contribution in [2.24, 2.45) is 11.3 Å². The summed E-state index contributed by atoms with van der Waals surface area (Å²) in [4.78, 5) is 4.18. The maximum Gasteiger partial charge on any atom is 0.0688 e. The molecule has 19 heavy (non-hydrogen) atoms. The molecule has 2 rings (SSSR count). The summed E-state index contributed by atoms with van der Waals surface area (Å²) in [5.41, 5.74) is 0.939. The van der Waals surface area contributed by atoms with Gasteiger partial charge in [0.1, 0.15) is 0 Å². The Balaban J connectivity index is 1.99. The third kappa shape index (κ3) is 4.03. The molecule has 1 aromatic heterocycles. The highest BCUT2D eigenvalue weighted by Gasteiger charge is 2.37. The van der Waals surface area contributed by atoms with E-state index in [-0.39, 0.29) is 0 Å². The van der Waals surface area contributed by atoms with Crippen LogP contribution in [0.1, 0.15) is 52.0 Å². The maximum absolute atomic E-state index is 10.8. The fourth-order valence-corrected chi connectivity index (χ4v) is 3.54. The quantitative estimate of drug-likeness (QED) is 0.876. The number of halogens is 1. The molecule has 0 unspecified atom stereocenters. The van der Waals surface area contributed by atoms with Crippen molar-refractivity contribution >= 4 is 15.9 Å². The molecule has 0 bridgehead atoms. The van der Waals surface area contributed by atoms with Crippen LogP contribution in [-0.2, 0) is 6.42 Å². The third-order valence-corrected chi connectivity index (χ3v) is 4.87. The largest absolute Gasteiger partial charge is 0.390 e. The monoisotopic (exact) mass is 325 g/mol. The molecule has 1 heterocycles. The molecule has 106 valence electrons. The lowest BCUT2D eigenvalue weighted by atomic mass is 9.67. The molecule has 1 saturated carbocycles.